The molecule has 1 aromatic rings. The summed E-state index contributed by atoms with van der Waals surface area (Å²) < 4.78 is 5.96. The maximum Gasteiger partial charge on any atom is 0.338 e. The molecule has 1 rings (SSSR count). The van der Waals surface area contributed by atoms with E-state index in [0.29, 0.717) is 28.9 Å². The van der Waals surface area contributed by atoms with Crippen molar-refractivity contribution in [3.63, 3.8) is 0 Å². The van der Waals surface area contributed by atoms with Gasteiger partial charge in [-0.15, -0.1) is 0 Å². The smallest absolute Gasteiger partial charge is 0.338 e. The molecule has 0 fully saturated rings. The molecule has 0 aliphatic rings. The van der Waals surface area contributed by atoms with Crippen LogP contribution in [0.25, 0.3) is 0 Å². The molecule has 6 heteroatoms. The highest BCUT2D eigenvalue weighted by molar-refractivity contribution is 9.10. The van der Waals surface area contributed by atoms with Gasteiger partial charge < -0.3 is 20.9 Å². The number of benzene rings is 1. The molecular formula is C17H27BrN2O3. The quantitative estimate of drug-likeness (QED) is 0.362. The molecule has 5 nitrogen and oxygen atoms in total. The van der Waals surface area contributed by atoms with E-state index in [1.807, 2.05) is 0 Å². The van der Waals surface area contributed by atoms with Crippen LogP contribution in [0, 0.1) is 0 Å². The summed E-state index contributed by atoms with van der Waals surface area (Å²) >= 11 is 3.40. The summed E-state index contributed by atoms with van der Waals surface area (Å²) in [4.78, 5) is 12.1. The number of unbranched alkanes of at least 4 members (excludes halogenated alkanes) is 2. The Hall–Kier alpha value is -1.11. The third-order valence-electron chi connectivity index (χ3n) is 3.30. The van der Waals surface area contributed by atoms with Gasteiger partial charge in [-0.1, -0.05) is 0 Å². The van der Waals surface area contributed by atoms with E-state index >= 15 is 0 Å². The number of rotatable bonds is 8. The summed E-state index contributed by atoms with van der Waals surface area (Å²) in [5.41, 5.74) is 8.01. The lowest BCUT2D eigenvalue weighted by Crippen LogP contribution is -2.35. The number of anilines is 1. The van der Waals surface area contributed by atoms with E-state index in [9.17, 15) is 4.79 Å². The molecule has 0 heterocycles. The molecule has 0 aliphatic carbocycles. The molecule has 0 amide bonds. The lowest BCUT2D eigenvalue weighted by atomic mass is 10.1. The van der Waals surface area contributed by atoms with Gasteiger partial charge in [-0.05, 0) is 73.7 Å². The highest BCUT2D eigenvalue weighted by Crippen LogP contribution is 2.26. The van der Waals surface area contributed by atoms with Crippen LogP contribution in [0.1, 0.15) is 56.0 Å². The van der Waals surface area contributed by atoms with Gasteiger partial charge in [0.1, 0.15) is 0 Å². The van der Waals surface area contributed by atoms with Crippen LogP contribution >= 0.6 is 15.9 Å². The van der Waals surface area contributed by atoms with Crippen LogP contribution in [0.3, 0.4) is 0 Å². The number of hydrogen-bond donors (Lipinski definition) is 3. The average Bonchev–Trinajstić information content (AvgIpc) is 2.47. The predicted molar refractivity (Wildman–Crippen MR) is 96.4 cm³/mol. The minimum Gasteiger partial charge on any atom is -0.462 e. The molecule has 1 aromatic carbocycles. The number of ether oxygens (including phenoxy) is 1. The maximum atomic E-state index is 12.1. The Balaban J connectivity index is 2.71. The van der Waals surface area contributed by atoms with Crippen molar-refractivity contribution in [3.8, 4) is 0 Å². The summed E-state index contributed by atoms with van der Waals surface area (Å²) in [7, 11) is 0. The fraction of sp³-hybridized carbons (Fsp3) is 0.588. The summed E-state index contributed by atoms with van der Waals surface area (Å²) in [6.07, 6.45) is 2.32. The SMILES string of the molecule is CC(C)(C)NCc1cc(C(=O)OCCCCCO)cc(Br)c1N. The maximum absolute atomic E-state index is 12.1. The summed E-state index contributed by atoms with van der Waals surface area (Å²) in [6.45, 7) is 7.32. The van der Waals surface area contributed by atoms with Crippen LogP contribution < -0.4 is 11.1 Å². The number of aliphatic hydroxyl groups excluding tert-OH is 1. The molecule has 0 aromatic heterocycles. The molecule has 0 saturated carbocycles. The Morgan fingerprint density at radius 2 is 2.00 bits per heavy atom. The number of carbonyl (C=O) groups is 1. The molecule has 0 unspecified atom stereocenters. The molecule has 0 aliphatic heterocycles. The lowest BCUT2D eigenvalue weighted by molar-refractivity contribution is 0.0496. The Morgan fingerprint density at radius 1 is 1.30 bits per heavy atom. The Morgan fingerprint density at radius 3 is 2.61 bits per heavy atom. The summed E-state index contributed by atoms with van der Waals surface area (Å²) in [5, 5.41) is 12.1. The van der Waals surface area contributed by atoms with E-state index in [0.717, 1.165) is 24.8 Å². The Kier molecular flexibility index (Phi) is 8.02. The number of nitrogens with one attached hydrogen (secondary N) is 1. The van der Waals surface area contributed by atoms with Gasteiger partial charge in [0, 0.05) is 23.2 Å². The summed E-state index contributed by atoms with van der Waals surface area (Å²) in [6, 6.07) is 3.46. The number of nitrogens with two attached hydrogens (primary N) is 1. The first kappa shape index (κ1) is 19.9. The Labute approximate surface area is 146 Å². The lowest BCUT2D eigenvalue weighted by Gasteiger charge is -2.21. The molecule has 130 valence electrons. The normalized spacial score (nSPS) is 11.5. The number of hydrogen-bond acceptors (Lipinski definition) is 5. The van der Waals surface area contributed by atoms with Crippen molar-refractivity contribution in [2.24, 2.45) is 0 Å². The molecular weight excluding hydrogens is 360 g/mol. The minimum atomic E-state index is -0.355. The number of halogens is 1. The van der Waals surface area contributed by atoms with Crippen LogP contribution in [-0.4, -0.2) is 29.8 Å². The van der Waals surface area contributed by atoms with Crippen molar-refractivity contribution < 1.29 is 14.6 Å². The van der Waals surface area contributed by atoms with Crippen molar-refractivity contribution in [2.45, 2.75) is 52.1 Å². The van der Waals surface area contributed by atoms with Crippen LogP contribution in [0.2, 0.25) is 0 Å². The number of nitrogen functional groups attached to an aromatic ring is 1. The van der Waals surface area contributed by atoms with Crippen molar-refractivity contribution in [2.75, 3.05) is 18.9 Å². The number of esters is 1. The third kappa shape index (κ3) is 7.33. The number of aliphatic hydroxyl groups is 1. The molecule has 0 atom stereocenters. The largest absolute Gasteiger partial charge is 0.462 e. The molecule has 23 heavy (non-hydrogen) atoms. The second-order valence-electron chi connectivity index (χ2n) is 6.55. The van der Waals surface area contributed by atoms with Gasteiger partial charge in [0.15, 0.2) is 0 Å². The standard InChI is InChI=1S/C17H27BrN2O3/c1-17(2,3)20-11-13-9-12(10-14(18)15(13)19)16(22)23-8-6-4-5-7-21/h9-10,20-21H,4-8,11,19H2,1-3H3. The van der Waals surface area contributed by atoms with Gasteiger partial charge in [0.2, 0.25) is 0 Å². The van der Waals surface area contributed by atoms with Gasteiger partial charge in [0.05, 0.1) is 17.9 Å². The zero-order valence-corrected chi connectivity index (χ0v) is 15.7. The van der Waals surface area contributed by atoms with Gasteiger partial charge in [-0.2, -0.15) is 0 Å². The van der Waals surface area contributed by atoms with Crippen molar-refractivity contribution >= 4 is 27.6 Å². The van der Waals surface area contributed by atoms with Crippen molar-refractivity contribution in [3.05, 3.63) is 27.7 Å². The van der Waals surface area contributed by atoms with Crippen LogP contribution in [0.15, 0.2) is 16.6 Å². The zero-order chi connectivity index (χ0) is 17.5. The molecule has 4 N–H and O–H groups in total. The molecule has 0 spiro atoms. The van der Waals surface area contributed by atoms with E-state index in [-0.39, 0.29) is 18.1 Å². The first-order valence-electron chi connectivity index (χ1n) is 7.85. The second kappa shape index (κ2) is 9.25. The molecule has 0 bridgehead atoms. The van der Waals surface area contributed by atoms with Gasteiger partial charge in [0.25, 0.3) is 0 Å². The topological polar surface area (TPSA) is 84.6 Å². The monoisotopic (exact) mass is 386 g/mol. The minimum absolute atomic E-state index is 0.0395. The highest BCUT2D eigenvalue weighted by atomic mass is 79.9. The van der Waals surface area contributed by atoms with E-state index in [2.05, 4.69) is 42.0 Å². The fourth-order valence-electron chi connectivity index (χ4n) is 1.94. The van der Waals surface area contributed by atoms with Gasteiger partial charge in [-0.25, -0.2) is 4.79 Å². The molecule has 0 radical (unpaired) electrons. The van der Waals surface area contributed by atoms with E-state index in [4.69, 9.17) is 15.6 Å². The number of carbonyl (C=O) groups excluding carboxylic acids is 1. The first-order chi connectivity index (χ1) is 10.7. The zero-order valence-electron chi connectivity index (χ0n) is 14.1. The predicted octanol–water partition coefficient (Wildman–Crippen LogP) is 3.24. The second-order valence-corrected chi connectivity index (χ2v) is 7.41. The Bertz CT molecular complexity index is 527. The fourth-order valence-corrected chi connectivity index (χ4v) is 2.44. The van der Waals surface area contributed by atoms with Crippen LogP contribution in [-0.2, 0) is 11.3 Å². The average molecular weight is 387 g/mol. The van der Waals surface area contributed by atoms with Crippen molar-refractivity contribution in [1.29, 1.82) is 0 Å². The third-order valence-corrected chi connectivity index (χ3v) is 3.95. The van der Waals surface area contributed by atoms with E-state index in [1.165, 1.54) is 0 Å². The van der Waals surface area contributed by atoms with Crippen LogP contribution in [0.4, 0.5) is 5.69 Å². The first-order valence-corrected chi connectivity index (χ1v) is 8.65. The van der Waals surface area contributed by atoms with Crippen LogP contribution in [0.5, 0.6) is 0 Å². The van der Waals surface area contributed by atoms with Crippen molar-refractivity contribution in [1.82, 2.24) is 5.32 Å². The van der Waals surface area contributed by atoms with E-state index < -0.39 is 0 Å². The highest BCUT2D eigenvalue weighted by Gasteiger charge is 2.15. The van der Waals surface area contributed by atoms with Gasteiger partial charge >= 0.3 is 5.97 Å². The summed E-state index contributed by atoms with van der Waals surface area (Å²) in [5.74, 6) is -0.355. The van der Waals surface area contributed by atoms with E-state index in [1.54, 1.807) is 12.1 Å². The molecule has 0 saturated heterocycles. The van der Waals surface area contributed by atoms with Gasteiger partial charge in [-0.3, -0.25) is 0 Å².